The van der Waals surface area contributed by atoms with Crippen LogP contribution in [0.25, 0.3) is 0 Å². The second kappa shape index (κ2) is 7.21. The third-order valence-corrected chi connectivity index (χ3v) is 2.92. The van der Waals surface area contributed by atoms with Crippen molar-refractivity contribution in [3.8, 4) is 0 Å². The molecule has 0 spiro atoms. The Morgan fingerprint density at radius 1 is 1.22 bits per heavy atom. The molecule has 23 heavy (non-hydrogen) atoms. The van der Waals surface area contributed by atoms with Crippen LogP contribution in [0, 0.1) is 0 Å². The van der Waals surface area contributed by atoms with Crippen molar-refractivity contribution in [2.24, 2.45) is 0 Å². The lowest BCUT2D eigenvalue weighted by Gasteiger charge is -2.13. The number of benzene rings is 1. The van der Waals surface area contributed by atoms with Crippen molar-refractivity contribution in [3.05, 3.63) is 63.4 Å². The van der Waals surface area contributed by atoms with Gasteiger partial charge in [-0.25, -0.2) is 4.79 Å². The number of H-pyrrole nitrogens is 1. The number of para-hydroxylation sites is 1. The summed E-state index contributed by atoms with van der Waals surface area (Å²) in [5.74, 6) is -1.26. The molecule has 8 nitrogen and oxygen atoms in total. The molecule has 1 aromatic carbocycles. The van der Waals surface area contributed by atoms with Crippen LogP contribution in [0.2, 0.25) is 0 Å². The number of aromatic nitrogens is 2. The number of ether oxygens (including phenoxy) is 1. The van der Waals surface area contributed by atoms with E-state index in [2.05, 4.69) is 5.32 Å². The third kappa shape index (κ3) is 4.67. The average molecular weight is 317 g/mol. The Hall–Kier alpha value is -3.16. The van der Waals surface area contributed by atoms with Gasteiger partial charge >= 0.3 is 11.7 Å². The first-order valence-corrected chi connectivity index (χ1v) is 6.81. The maximum Gasteiger partial charge on any atom is 0.328 e. The van der Waals surface area contributed by atoms with E-state index in [-0.39, 0.29) is 0 Å². The average Bonchev–Trinajstić information content (AvgIpc) is 2.51. The number of amides is 1. The van der Waals surface area contributed by atoms with Crippen LogP contribution >= 0.6 is 0 Å². The van der Waals surface area contributed by atoms with Crippen LogP contribution in [-0.2, 0) is 20.9 Å². The molecule has 0 bridgehead atoms. The molecule has 0 saturated carbocycles. The number of carbonyl (C=O) groups is 2. The number of aromatic amines is 1. The molecule has 1 aromatic heterocycles. The Kier molecular flexibility index (Phi) is 5.08. The molecule has 1 atom stereocenters. The lowest BCUT2D eigenvalue weighted by atomic mass is 10.3. The smallest absolute Gasteiger partial charge is 0.328 e. The van der Waals surface area contributed by atoms with Gasteiger partial charge in [-0.2, -0.15) is 0 Å². The molecule has 0 fully saturated rings. The van der Waals surface area contributed by atoms with Crippen molar-refractivity contribution < 1.29 is 14.3 Å². The highest BCUT2D eigenvalue weighted by Crippen LogP contribution is 2.06. The Balaban J connectivity index is 1.92. The lowest BCUT2D eigenvalue weighted by molar-refractivity contribution is -0.153. The number of nitrogens with one attached hydrogen (secondary N) is 2. The summed E-state index contributed by atoms with van der Waals surface area (Å²) in [6, 6.07) is 9.84. The summed E-state index contributed by atoms with van der Waals surface area (Å²) in [6.45, 7) is 1.02. The van der Waals surface area contributed by atoms with Gasteiger partial charge in [0.15, 0.2) is 6.10 Å². The minimum Gasteiger partial charge on any atom is -0.451 e. The Labute approximate surface area is 130 Å². The normalized spacial score (nSPS) is 11.5. The van der Waals surface area contributed by atoms with Crippen LogP contribution in [0.3, 0.4) is 0 Å². The molecule has 0 radical (unpaired) electrons. The van der Waals surface area contributed by atoms with Gasteiger partial charge in [0, 0.05) is 18.0 Å². The van der Waals surface area contributed by atoms with Gasteiger partial charge in [-0.3, -0.25) is 23.9 Å². The minimum absolute atomic E-state index is 0.404. The standard InChI is InChI=1S/C15H15N3O5/c1-10(14(21)16-11-5-3-2-4-6-11)23-13(20)9-18-8-7-12(19)17-15(18)22/h2-8,10H,9H2,1H3,(H,16,21)(H,17,19,22)/t10-/m1/s1. The van der Waals surface area contributed by atoms with E-state index >= 15 is 0 Å². The van der Waals surface area contributed by atoms with E-state index in [1.54, 1.807) is 30.3 Å². The first kappa shape index (κ1) is 16.2. The molecule has 0 aliphatic heterocycles. The fourth-order valence-electron chi connectivity index (χ4n) is 1.76. The number of rotatable bonds is 5. The van der Waals surface area contributed by atoms with Crippen molar-refractivity contribution >= 4 is 17.6 Å². The van der Waals surface area contributed by atoms with E-state index in [1.807, 2.05) is 4.98 Å². The second-order valence-electron chi connectivity index (χ2n) is 4.73. The maximum atomic E-state index is 11.9. The number of carbonyl (C=O) groups excluding carboxylic acids is 2. The Morgan fingerprint density at radius 2 is 1.91 bits per heavy atom. The molecule has 8 heteroatoms. The van der Waals surface area contributed by atoms with Crippen LogP contribution in [0.4, 0.5) is 5.69 Å². The van der Waals surface area contributed by atoms with Crippen LogP contribution < -0.4 is 16.6 Å². The van der Waals surface area contributed by atoms with E-state index in [0.717, 1.165) is 10.6 Å². The monoisotopic (exact) mass is 317 g/mol. The minimum atomic E-state index is -1.03. The molecule has 0 unspecified atom stereocenters. The summed E-state index contributed by atoms with van der Waals surface area (Å²) in [5.41, 5.74) is -0.705. The highest BCUT2D eigenvalue weighted by Gasteiger charge is 2.18. The molecule has 0 aliphatic carbocycles. The van der Waals surface area contributed by atoms with Crippen molar-refractivity contribution in [1.82, 2.24) is 9.55 Å². The summed E-state index contributed by atoms with van der Waals surface area (Å²) >= 11 is 0. The zero-order chi connectivity index (χ0) is 16.8. The van der Waals surface area contributed by atoms with Gasteiger partial charge in [-0.05, 0) is 19.1 Å². The SMILES string of the molecule is C[C@@H](OC(=O)Cn1ccc(=O)[nH]c1=O)C(=O)Nc1ccccc1. The van der Waals surface area contributed by atoms with Crippen LogP contribution in [0.5, 0.6) is 0 Å². The topological polar surface area (TPSA) is 110 Å². The predicted molar refractivity (Wildman–Crippen MR) is 81.9 cm³/mol. The molecule has 2 N–H and O–H groups in total. The van der Waals surface area contributed by atoms with Gasteiger partial charge in [-0.1, -0.05) is 18.2 Å². The lowest BCUT2D eigenvalue weighted by Crippen LogP contribution is -2.34. The summed E-state index contributed by atoms with van der Waals surface area (Å²) in [4.78, 5) is 48.1. The van der Waals surface area contributed by atoms with E-state index in [9.17, 15) is 19.2 Å². The number of esters is 1. The fraction of sp³-hybridized carbons (Fsp3) is 0.200. The summed E-state index contributed by atoms with van der Waals surface area (Å²) in [7, 11) is 0. The van der Waals surface area contributed by atoms with Gasteiger partial charge in [-0.15, -0.1) is 0 Å². The number of hydrogen-bond acceptors (Lipinski definition) is 5. The zero-order valence-corrected chi connectivity index (χ0v) is 12.3. The fourth-order valence-corrected chi connectivity index (χ4v) is 1.76. The first-order chi connectivity index (χ1) is 11.0. The van der Waals surface area contributed by atoms with Crippen molar-refractivity contribution in [2.75, 3.05) is 5.32 Å². The van der Waals surface area contributed by atoms with Crippen molar-refractivity contribution in [2.45, 2.75) is 19.6 Å². The molecule has 2 rings (SSSR count). The number of anilines is 1. The molecule has 1 amide bonds. The van der Waals surface area contributed by atoms with Gasteiger partial charge in [0.25, 0.3) is 11.5 Å². The summed E-state index contributed by atoms with van der Waals surface area (Å²) < 4.78 is 5.95. The van der Waals surface area contributed by atoms with E-state index in [1.165, 1.54) is 13.1 Å². The molecule has 120 valence electrons. The van der Waals surface area contributed by atoms with E-state index in [0.29, 0.717) is 5.69 Å². The Bertz CT molecular complexity index is 810. The third-order valence-electron chi connectivity index (χ3n) is 2.92. The maximum absolute atomic E-state index is 11.9. The van der Waals surface area contributed by atoms with E-state index in [4.69, 9.17) is 4.74 Å². The van der Waals surface area contributed by atoms with Gasteiger partial charge < -0.3 is 10.1 Å². The van der Waals surface area contributed by atoms with Crippen LogP contribution in [0.15, 0.2) is 52.2 Å². The van der Waals surface area contributed by atoms with Crippen LogP contribution in [-0.4, -0.2) is 27.5 Å². The molecule has 2 aromatic rings. The highest BCUT2D eigenvalue weighted by molar-refractivity contribution is 5.95. The van der Waals surface area contributed by atoms with Crippen molar-refractivity contribution in [1.29, 1.82) is 0 Å². The summed E-state index contributed by atoms with van der Waals surface area (Å²) in [6.07, 6.45) is 0.151. The van der Waals surface area contributed by atoms with Crippen LogP contribution in [0.1, 0.15) is 6.92 Å². The molecular formula is C15H15N3O5. The van der Waals surface area contributed by atoms with Gasteiger partial charge in [0.1, 0.15) is 6.54 Å². The summed E-state index contributed by atoms with van der Waals surface area (Å²) in [5, 5.41) is 2.60. The van der Waals surface area contributed by atoms with Gasteiger partial charge in [0.2, 0.25) is 0 Å². The van der Waals surface area contributed by atoms with E-state index < -0.39 is 35.8 Å². The largest absolute Gasteiger partial charge is 0.451 e. The first-order valence-electron chi connectivity index (χ1n) is 6.81. The Morgan fingerprint density at radius 3 is 2.57 bits per heavy atom. The highest BCUT2D eigenvalue weighted by atomic mass is 16.5. The second-order valence-corrected chi connectivity index (χ2v) is 4.73. The number of hydrogen-bond donors (Lipinski definition) is 2. The molecule has 1 heterocycles. The molecule has 0 saturated heterocycles. The number of nitrogens with zero attached hydrogens (tertiary/aromatic N) is 1. The predicted octanol–water partition coefficient (Wildman–Crippen LogP) is 0.107. The zero-order valence-electron chi connectivity index (χ0n) is 12.3. The molecular weight excluding hydrogens is 302 g/mol. The van der Waals surface area contributed by atoms with Gasteiger partial charge in [0.05, 0.1) is 0 Å². The quantitative estimate of drug-likeness (QED) is 0.760. The van der Waals surface area contributed by atoms with Crippen molar-refractivity contribution in [3.63, 3.8) is 0 Å². The molecule has 0 aliphatic rings.